The van der Waals surface area contributed by atoms with E-state index in [1.54, 1.807) is 43.3 Å². The van der Waals surface area contributed by atoms with Gasteiger partial charge in [-0.15, -0.1) is 0 Å². The number of nitrogens with one attached hydrogen (secondary N) is 2. The molecule has 0 saturated carbocycles. The Morgan fingerprint density at radius 2 is 1.77 bits per heavy atom. The van der Waals surface area contributed by atoms with Crippen molar-refractivity contribution in [1.82, 2.24) is 0 Å². The number of carbonyl (C=O) groups excluding carboxylic acids is 2. The fourth-order valence-corrected chi connectivity index (χ4v) is 2.20. The van der Waals surface area contributed by atoms with Crippen LogP contribution in [0, 0.1) is 18.3 Å². The van der Waals surface area contributed by atoms with Crippen LogP contribution in [0.1, 0.15) is 22.8 Å². The van der Waals surface area contributed by atoms with Crippen molar-refractivity contribution in [3.05, 3.63) is 71.4 Å². The quantitative estimate of drug-likeness (QED) is 0.472. The van der Waals surface area contributed by atoms with E-state index in [0.29, 0.717) is 16.9 Å². The first-order valence-corrected chi connectivity index (χ1v) is 8.06. The predicted molar refractivity (Wildman–Crippen MR) is 99.5 cm³/mol. The van der Waals surface area contributed by atoms with Crippen LogP contribution in [0.2, 0.25) is 0 Å². The monoisotopic (exact) mass is 349 g/mol. The molecule has 2 N–H and O–H groups in total. The van der Waals surface area contributed by atoms with Crippen LogP contribution in [-0.4, -0.2) is 18.5 Å². The highest BCUT2D eigenvalue weighted by atomic mass is 16.5. The van der Waals surface area contributed by atoms with Gasteiger partial charge in [0.05, 0.1) is 17.9 Å². The van der Waals surface area contributed by atoms with Gasteiger partial charge in [-0.25, -0.2) is 4.79 Å². The third kappa shape index (κ3) is 4.71. The summed E-state index contributed by atoms with van der Waals surface area (Å²) in [5.74, 6) is -1.02. The minimum atomic E-state index is -0.539. The van der Waals surface area contributed by atoms with Crippen LogP contribution in [-0.2, 0) is 9.53 Å². The number of carbonyl (C=O) groups is 2. The number of rotatable bonds is 6. The lowest BCUT2D eigenvalue weighted by Crippen LogP contribution is -2.15. The normalized spacial score (nSPS) is 10.6. The second-order valence-corrected chi connectivity index (χ2v) is 5.35. The summed E-state index contributed by atoms with van der Waals surface area (Å²) >= 11 is 0. The molecule has 0 saturated heterocycles. The number of hydrogen-bond donors (Lipinski definition) is 2. The Hall–Kier alpha value is -3.59. The molecule has 0 atom stereocenters. The van der Waals surface area contributed by atoms with Crippen molar-refractivity contribution in [2.45, 2.75) is 13.8 Å². The first-order valence-electron chi connectivity index (χ1n) is 8.06. The maximum Gasteiger partial charge on any atom is 0.340 e. The van der Waals surface area contributed by atoms with Crippen molar-refractivity contribution in [2.75, 3.05) is 17.2 Å². The molecule has 0 radical (unpaired) electrons. The van der Waals surface area contributed by atoms with E-state index in [4.69, 9.17) is 4.74 Å². The van der Waals surface area contributed by atoms with Gasteiger partial charge in [-0.05, 0) is 37.6 Å². The number of para-hydroxylation sites is 2. The molecule has 0 heterocycles. The first-order chi connectivity index (χ1) is 12.6. The van der Waals surface area contributed by atoms with Crippen LogP contribution >= 0.6 is 0 Å². The van der Waals surface area contributed by atoms with E-state index in [2.05, 4.69) is 10.6 Å². The highest BCUT2D eigenvalue weighted by Crippen LogP contribution is 2.18. The fraction of sp³-hybridized carbons (Fsp3) is 0.150. The van der Waals surface area contributed by atoms with Crippen LogP contribution in [0.5, 0.6) is 0 Å². The molecular weight excluding hydrogens is 330 g/mol. The molecule has 6 heteroatoms. The maximum atomic E-state index is 12.3. The topological polar surface area (TPSA) is 91.2 Å². The summed E-state index contributed by atoms with van der Waals surface area (Å²) in [5.41, 5.74) is 2.17. The van der Waals surface area contributed by atoms with Gasteiger partial charge in [0.25, 0.3) is 5.91 Å². The largest absolute Gasteiger partial charge is 0.462 e. The zero-order valence-electron chi connectivity index (χ0n) is 14.6. The molecular formula is C20H19N3O3. The highest BCUT2D eigenvalue weighted by Gasteiger charge is 2.13. The lowest BCUT2D eigenvalue weighted by Gasteiger charge is -2.10. The Morgan fingerprint density at radius 1 is 1.12 bits per heavy atom. The number of benzene rings is 2. The number of hydrogen-bond acceptors (Lipinski definition) is 5. The van der Waals surface area contributed by atoms with Crippen molar-refractivity contribution >= 4 is 23.3 Å². The van der Waals surface area contributed by atoms with Crippen molar-refractivity contribution in [3.63, 3.8) is 0 Å². The van der Waals surface area contributed by atoms with Crippen molar-refractivity contribution in [1.29, 1.82) is 5.26 Å². The van der Waals surface area contributed by atoms with Crippen LogP contribution in [0.3, 0.4) is 0 Å². The summed E-state index contributed by atoms with van der Waals surface area (Å²) in [4.78, 5) is 24.3. The van der Waals surface area contributed by atoms with Crippen molar-refractivity contribution in [2.24, 2.45) is 0 Å². The molecule has 26 heavy (non-hydrogen) atoms. The molecule has 2 rings (SSSR count). The zero-order chi connectivity index (χ0) is 18.9. The van der Waals surface area contributed by atoms with Crippen LogP contribution in [0.25, 0.3) is 0 Å². The van der Waals surface area contributed by atoms with Gasteiger partial charge in [0.2, 0.25) is 0 Å². The van der Waals surface area contributed by atoms with Gasteiger partial charge in [0.1, 0.15) is 11.6 Å². The van der Waals surface area contributed by atoms with Gasteiger partial charge in [-0.3, -0.25) is 4.79 Å². The summed E-state index contributed by atoms with van der Waals surface area (Å²) in [6.07, 6.45) is 1.27. The number of esters is 1. The molecule has 0 aromatic heterocycles. The van der Waals surface area contributed by atoms with E-state index in [1.807, 2.05) is 25.1 Å². The second kappa shape index (κ2) is 9.04. The van der Waals surface area contributed by atoms with E-state index in [-0.39, 0.29) is 12.2 Å². The molecule has 2 aromatic carbocycles. The number of anilines is 2. The van der Waals surface area contributed by atoms with Crippen LogP contribution < -0.4 is 10.6 Å². The lowest BCUT2D eigenvalue weighted by molar-refractivity contribution is -0.112. The maximum absolute atomic E-state index is 12.3. The molecule has 132 valence electrons. The molecule has 0 fully saturated rings. The van der Waals surface area contributed by atoms with Crippen molar-refractivity contribution in [3.8, 4) is 6.07 Å². The zero-order valence-corrected chi connectivity index (χ0v) is 14.6. The molecule has 0 aliphatic rings. The summed E-state index contributed by atoms with van der Waals surface area (Å²) in [6, 6.07) is 15.8. The minimum Gasteiger partial charge on any atom is -0.462 e. The molecule has 0 aliphatic carbocycles. The average Bonchev–Trinajstić information content (AvgIpc) is 2.64. The van der Waals surface area contributed by atoms with E-state index in [1.165, 1.54) is 6.20 Å². The second-order valence-electron chi connectivity index (χ2n) is 5.35. The Morgan fingerprint density at radius 3 is 2.42 bits per heavy atom. The molecule has 0 bridgehead atoms. The van der Waals surface area contributed by atoms with Gasteiger partial charge < -0.3 is 15.4 Å². The standard InChI is InChI=1S/C20H19N3O3/c1-3-26-20(25)16-9-5-7-11-18(16)22-13-15(12-21)19(24)23-17-10-6-4-8-14(17)2/h4-11,13,22H,3H2,1-2H3,(H,23,24)/b15-13-. The third-order valence-corrected chi connectivity index (χ3v) is 3.55. The molecule has 0 unspecified atom stereocenters. The number of amides is 1. The first kappa shape index (κ1) is 18.7. The van der Waals surface area contributed by atoms with E-state index >= 15 is 0 Å². The van der Waals surface area contributed by atoms with E-state index < -0.39 is 11.9 Å². The Bertz CT molecular complexity index is 882. The van der Waals surface area contributed by atoms with Gasteiger partial charge in [0, 0.05) is 11.9 Å². The summed E-state index contributed by atoms with van der Waals surface area (Å²) in [5, 5.41) is 14.8. The summed E-state index contributed by atoms with van der Waals surface area (Å²) < 4.78 is 5.00. The fourth-order valence-electron chi connectivity index (χ4n) is 2.20. The van der Waals surface area contributed by atoms with Crippen LogP contribution in [0.4, 0.5) is 11.4 Å². The third-order valence-electron chi connectivity index (χ3n) is 3.55. The number of aryl methyl sites for hydroxylation is 1. The summed E-state index contributed by atoms with van der Waals surface area (Å²) in [7, 11) is 0. The lowest BCUT2D eigenvalue weighted by atomic mass is 10.1. The number of nitriles is 1. The number of ether oxygens (including phenoxy) is 1. The summed E-state index contributed by atoms with van der Waals surface area (Å²) in [6.45, 7) is 3.84. The van der Waals surface area contributed by atoms with Gasteiger partial charge in [-0.1, -0.05) is 30.3 Å². The smallest absolute Gasteiger partial charge is 0.340 e. The SMILES string of the molecule is CCOC(=O)c1ccccc1N/C=C(/C#N)C(=O)Nc1ccccc1C. The highest BCUT2D eigenvalue weighted by molar-refractivity contribution is 6.07. The Balaban J connectivity index is 2.18. The molecule has 2 aromatic rings. The van der Waals surface area contributed by atoms with Gasteiger partial charge >= 0.3 is 5.97 Å². The van der Waals surface area contributed by atoms with Crippen LogP contribution in [0.15, 0.2) is 60.3 Å². The number of nitrogens with zero attached hydrogens (tertiary/aromatic N) is 1. The van der Waals surface area contributed by atoms with E-state index in [9.17, 15) is 14.9 Å². The molecule has 1 amide bonds. The average molecular weight is 349 g/mol. The Kier molecular flexibility index (Phi) is 6.52. The van der Waals surface area contributed by atoms with Gasteiger partial charge in [-0.2, -0.15) is 5.26 Å². The Labute approximate surface area is 152 Å². The molecule has 0 spiro atoms. The minimum absolute atomic E-state index is 0.119. The predicted octanol–water partition coefficient (Wildman–Crippen LogP) is 3.63. The van der Waals surface area contributed by atoms with Gasteiger partial charge in [0.15, 0.2) is 0 Å². The molecule has 6 nitrogen and oxygen atoms in total. The van der Waals surface area contributed by atoms with Crippen molar-refractivity contribution < 1.29 is 14.3 Å². The molecule has 0 aliphatic heterocycles. The van der Waals surface area contributed by atoms with E-state index in [0.717, 1.165) is 5.56 Å².